The fourth-order valence-electron chi connectivity index (χ4n) is 4.64. The molecule has 36 heavy (non-hydrogen) atoms. The number of anilines is 2. The maximum atomic E-state index is 2.44. The zero-order chi connectivity index (χ0) is 24.6. The molecule has 0 spiro atoms. The molecule has 0 heterocycles. The topological polar surface area (TPSA) is 6.48 Å². The van der Waals surface area contributed by atoms with Gasteiger partial charge in [-0.1, -0.05) is 0 Å². The number of hydrogen-bond donors (Lipinski definition) is 0. The first-order chi connectivity index (χ1) is 17.2. The Morgan fingerprint density at radius 3 is 1.19 bits per heavy atom. The maximum absolute atomic E-state index is 2.44. The van der Waals surface area contributed by atoms with Gasteiger partial charge < -0.3 is 0 Å². The van der Waals surface area contributed by atoms with Crippen molar-refractivity contribution in [1.82, 2.24) is 0 Å². The van der Waals surface area contributed by atoms with Gasteiger partial charge in [-0.2, -0.15) is 0 Å². The molecule has 0 unspecified atom stereocenters. The van der Waals surface area contributed by atoms with Crippen molar-refractivity contribution >= 4 is 67.4 Å². The normalized spacial score (nSPS) is 10.6. The van der Waals surface area contributed by atoms with E-state index in [1.807, 2.05) is 0 Å². The Balaban J connectivity index is 0.00000361. The molecule has 0 aliphatic carbocycles. The molecule has 4 radical (unpaired) electrons. The molecular weight excluding hydrogens is 830 g/mol. The molecule has 0 atom stereocenters. The number of hydrogen-bond acceptors (Lipinski definition) is 2. The van der Waals surface area contributed by atoms with Crippen LogP contribution in [0.15, 0.2) is 97.1 Å². The molecule has 4 rings (SSSR count). The standard InChI is InChI=1S/2C16H18N.2Bi/c2*1-3-17(4-2)16-12-8-11-15(13-16)14-9-6-5-7-10-14;;/h2*5-10,12-13H,3-4H2,1-2H3;;. The van der Waals surface area contributed by atoms with Crippen LogP contribution in [0.25, 0.3) is 22.3 Å². The van der Waals surface area contributed by atoms with Crippen LogP contribution in [0, 0.1) is 0 Å². The van der Waals surface area contributed by atoms with Crippen LogP contribution >= 0.6 is 0 Å². The molecule has 0 amide bonds. The minimum Gasteiger partial charge on any atom is 0 e. The van der Waals surface area contributed by atoms with Crippen molar-refractivity contribution in [3.63, 3.8) is 0 Å². The molecule has 0 aromatic heterocycles. The van der Waals surface area contributed by atoms with Gasteiger partial charge in [0.15, 0.2) is 0 Å². The quantitative estimate of drug-likeness (QED) is 0.181. The number of rotatable bonds is 10. The van der Waals surface area contributed by atoms with E-state index in [4.69, 9.17) is 0 Å². The van der Waals surface area contributed by atoms with Crippen molar-refractivity contribution in [1.29, 1.82) is 0 Å². The van der Waals surface area contributed by atoms with Gasteiger partial charge in [0, 0.05) is 26.2 Å². The third-order valence-corrected chi connectivity index (χ3v) is 11.5. The smallest absolute Gasteiger partial charge is 0 e. The summed E-state index contributed by atoms with van der Waals surface area (Å²) in [5.41, 5.74) is 8.08. The van der Waals surface area contributed by atoms with E-state index in [1.165, 1.54) is 33.6 Å². The van der Waals surface area contributed by atoms with Crippen LogP contribution in [-0.2, 0) is 0 Å². The van der Waals surface area contributed by atoms with E-state index in [0.29, 0.717) is 0 Å². The monoisotopic (exact) mass is 866 g/mol. The first kappa shape index (κ1) is 28.8. The third kappa shape index (κ3) is 6.76. The second-order valence-corrected chi connectivity index (χ2v) is 13.2. The predicted octanol–water partition coefficient (Wildman–Crippen LogP) is 5.99. The summed E-state index contributed by atoms with van der Waals surface area (Å²) < 4.78 is 3.08. The van der Waals surface area contributed by atoms with Gasteiger partial charge in [0.25, 0.3) is 0 Å². The van der Waals surface area contributed by atoms with Crippen molar-refractivity contribution in [2.24, 2.45) is 0 Å². The summed E-state index contributed by atoms with van der Waals surface area (Å²) in [4.78, 5) is 4.88. The van der Waals surface area contributed by atoms with E-state index >= 15 is 0 Å². The number of nitrogens with zero attached hydrogens (tertiary/aromatic N) is 2. The second kappa shape index (κ2) is 14.3. The molecule has 0 fully saturated rings. The van der Waals surface area contributed by atoms with Crippen LogP contribution < -0.4 is 16.3 Å². The molecule has 0 N–H and O–H groups in total. The summed E-state index contributed by atoms with van der Waals surface area (Å²) in [6.07, 6.45) is 0. The Kier molecular flexibility index (Phi) is 11.4. The van der Waals surface area contributed by atoms with E-state index in [-0.39, 0.29) is 26.2 Å². The molecule has 0 saturated heterocycles. The summed E-state index contributed by atoms with van der Waals surface area (Å²) in [5.74, 6) is 0. The summed E-state index contributed by atoms with van der Waals surface area (Å²) in [6, 6.07) is 36.2. The average molecular weight is 867 g/mol. The van der Waals surface area contributed by atoms with Crippen LogP contribution in [0.1, 0.15) is 27.7 Å². The van der Waals surface area contributed by atoms with Crippen molar-refractivity contribution in [2.45, 2.75) is 27.7 Å². The van der Waals surface area contributed by atoms with Crippen molar-refractivity contribution in [2.75, 3.05) is 36.0 Å². The van der Waals surface area contributed by atoms with Crippen molar-refractivity contribution in [3.8, 4) is 22.3 Å². The van der Waals surface area contributed by atoms with E-state index in [0.717, 1.165) is 26.2 Å². The van der Waals surface area contributed by atoms with Gasteiger partial charge in [-0.05, 0) is 0 Å². The molecular formula is C32H36Bi2N2. The minimum atomic E-state index is -1.21. The molecule has 0 saturated carbocycles. The molecule has 0 aliphatic rings. The SMILES string of the molecule is CCN(CC)c1cc[c]([Bi][c]2ccc(N(CC)CC)cc2-c2ccccc2)c(-c2ccccc2)c1.[Bi]. The zero-order valence-corrected chi connectivity index (χ0v) is 28.8. The average Bonchev–Trinajstić information content (AvgIpc) is 2.92. The van der Waals surface area contributed by atoms with E-state index in [2.05, 4.69) is 135 Å². The first-order valence-corrected chi connectivity index (χ1v) is 16.3. The first-order valence-electron chi connectivity index (χ1n) is 12.8. The molecule has 4 aromatic rings. The molecule has 4 aromatic carbocycles. The van der Waals surface area contributed by atoms with Gasteiger partial charge in [-0.25, -0.2) is 0 Å². The van der Waals surface area contributed by atoms with Crippen LogP contribution in [0.3, 0.4) is 0 Å². The molecule has 2 nitrogen and oxygen atoms in total. The van der Waals surface area contributed by atoms with Crippen LogP contribution in [0.4, 0.5) is 11.4 Å². The van der Waals surface area contributed by atoms with Gasteiger partial charge in [0.2, 0.25) is 0 Å². The van der Waals surface area contributed by atoms with Gasteiger partial charge >= 0.3 is 224 Å². The largest absolute Gasteiger partial charge is 0 e. The second-order valence-electron chi connectivity index (χ2n) is 8.59. The fraction of sp³-hybridized carbons (Fsp3) is 0.250. The van der Waals surface area contributed by atoms with Crippen LogP contribution in [-0.4, -0.2) is 75.6 Å². The number of benzene rings is 4. The molecule has 0 bridgehead atoms. The van der Waals surface area contributed by atoms with Crippen LogP contribution in [0.2, 0.25) is 0 Å². The summed E-state index contributed by atoms with van der Waals surface area (Å²) >= 11 is -1.21. The van der Waals surface area contributed by atoms with Gasteiger partial charge in [0.05, 0.1) is 0 Å². The Morgan fingerprint density at radius 2 is 0.861 bits per heavy atom. The third-order valence-electron chi connectivity index (χ3n) is 6.63. The van der Waals surface area contributed by atoms with Gasteiger partial charge in [0.1, 0.15) is 0 Å². The molecule has 4 heteroatoms. The Bertz CT molecular complexity index is 1120. The maximum Gasteiger partial charge on any atom is 0 e. The van der Waals surface area contributed by atoms with Gasteiger partial charge in [-0.3, -0.25) is 0 Å². The predicted molar refractivity (Wildman–Crippen MR) is 162 cm³/mol. The van der Waals surface area contributed by atoms with E-state index < -0.39 is 23.2 Å². The van der Waals surface area contributed by atoms with E-state index in [1.54, 1.807) is 6.54 Å². The van der Waals surface area contributed by atoms with E-state index in [9.17, 15) is 0 Å². The Hall–Kier alpha value is -1.75. The van der Waals surface area contributed by atoms with Crippen molar-refractivity contribution in [3.05, 3.63) is 97.1 Å². The zero-order valence-electron chi connectivity index (χ0n) is 21.9. The summed E-state index contributed by atoms with van der Waals surface area (Å²) in [7, 11) is 0. The Morgan fingerprint density at radius 1 is 0.500 bits per heavy atom. The van der Waals surface area contributed by atoms with Crippen LogP contribution in [0.5, 0.6) is 0 Å². The molecule has 184 valence electrons. The van der Waals surface area contributed by atoms with Crippen molar-refractivity contribution < 1.29 is 0 Å². The summed E-state index contributed by atoms with van der Waals surface area (Å²) in [5, 5.41) is 0. The minimum absolute atomic E-state index is 0. The fourth-order valence-corrected chi connectivity index (χ4v) is 9.25. The Labute approximate surface area is 248 Å². The summed E-state index contributed by atoms with van der Waals surface area (Å²) in [6.45, 7) is 13.0. The van der Waals surface area contributed by atoms with Gasteiger partial charge in [-0.15, -0.1) is 0 Å². The molecule has 0 aliphatic heterocycles.